The molecule has 1 heterocycles. The SMILES string of the molecule is O=C(O)C(NC1CC1)c1cccc2cccnc12. The Morgan fingerprint density at radius 1 is 1.33 bits per heavy atom. The minimum Gasteiger partial charge on any atom is -0.480 e. The van der Waals surface area contributed by atoms with E-state index in [9.17, 15) is 9.90 Å². The number of para-hydroxylation sites is 1. The molecule has 1 aliphatic rings. The van der Waals surface area contributed by atoms with Gasteiger partial charge in [0.15, 0.2) is 0 Å². The van der Waals surface area contributed by atoms with Crippen molar-refractivity contribution in [3.8, 4) is 0 Å². The lowest BCUT2D eigenvalue weighted by molar-refractivity contribution is -0.139. The lowest BCUT2D eigenvalue weighted by atomic mass is 10.0. The van der Waals surface area contributed by atoms with Gasteiger partial charge in [-0.2, -0.15) is 0 Å². The number of fused-ring (bicyclic) bond motifs is 1. The predicted octanol–water partition coefficient (Wildman–Crippen LogP) is 2.11. The Morgan fingerprint density at radius 2 is 2.11 bits per heavy atom. The number of carbonyl (C=O) groups is 1. The van der Waals surface area contributed by atoms with E-state index in [1.165, 1.54) is 0 Å². The van der Waals surface area contributed by atoms with Crippen LogP contribution in [-0.4, -0.2) is 22.1 Å². The monoisotopic (exact) mass is 242 g/mol. The van der Waals surface area contributed by atoms with Crippen molar-refractivity contribution in [1.29, 1.82) is 0 Å². The molecule has 4 nitrogen and oxygen atoms in total. The van der Waals surface area contributed by atoms with Crippen LogP contribution < -0.4 is 5.32 Å². The molecule has 4 heteroatoms. The van der Waals surface area contributed by atoms with E-state index in [0.29, 0.717) is 6.04 Å². The highest BCUT2D eigenvalue weighted by molar-refractivity contribution is 5.87. The summed E-state index contributed by atoms with van der Waals surface area (Å²) in [5.74, 6) is -0.847. The molecule has 1 unspecified atom stereocenters. The third-order valence-corrected chi connectivity index (χ3v) is 3.20. The summed E-state index contributed by atoms with van der Waals surface area (Å²) >= 11 is 0. The van der Waals surface area contributed by atoms with E-state index in [1.807, 2.05) is 30.3 Å². The Hall–Kier alpha value is -1.94. The first-order valence-electron chi connectivity index (χ1n) is 6.08. The van der Waals surface area contributed by atoms with E-state index in [-0.39, 0.29) is 0 Å². The second-order valence-electron chi connectivity index (χ2n) is 4.63. The fraction of sp³-hybridized carbons (Fsp3) is 0.286. The third-order valence-electron chi connectivity index (χ3n) is 3.20. The van der Waals surface area contributed by atoms with Crippen molar-refractivity contribution in [2.75, 3.05) is 0 Å². The lowest BCUT2D eigenvalue weighted by Gasteiger charge is -2.15. The van der Waals surface area contributed by atoms with Gasteiger partial charge in [0.05, 0.1) is 5.52 Å². The molecule has 18 heavy (non-hydrogen) atoms. The van der Waals surface area contributed by atoms with Gasteiger partial charge < -0.3 is 5.11 Å². The van der Waals surface area contributed by atoms with Crippen LogP contribution in [0, 0.1) is 0 Å². The van der Waals surface area contributed by atoms with Crippen molar-refractivity contribution in [1.82, 2.24) is 10.3 Å². The summed E-state index contributed by atoms with van der Waals surface area (Å²) in [4.78, 5) is 15.7. The van der Waals surface area contributed by atoms with Crippen LogP contribution in [0.4, 0.5) is 0 Å². The number of hydrogen-bond acceptors (Lipinski definition) is 3. The third kappa shape index (κ3) is 2.07. The van der Waals surface area contributed by atoms with E-state index < -0.39 is 12.0 Å². The number of carboxylic acid groups (broad SMARTS) is 1. The number of aromatic nitrogens is 1. The number of hydrogen-bond donors (Lipinski definition) is 2. The van der Waals surface area contributed by atoms with Crippen LogP contribution in [0.3, 0.4) is 0 Å². The Bertz CT molecular complexity index is 588. The Morgan fingerprint density at radius 3 is 2.83 bits per heavy atom. The van der Waals surface area contributed by atoms with E-state index in [0.717, 1.165) is 29.3 Å². The maximum atomic E-state index is 11.4. The Balaban J connectivity index is 2.07. The summed E-state index contributed by atoms with van der Waals surface area (Å²) in [5.41, 5.74) is 1.51. The summed E-state index contributed by atoms with van der Waals surface area (Å²) in [6.45, 7) is 0. The van der Waals surface area contributed by atoms with Gasteiger partial charge in [-0.05, 0) is 18.9 Å². The minimum absolute atomic E-state index is 0.338. The molecule has 0 spiro atoms. The highest BCUT2D eigenvalue weighted by atomic mass is 16.4. The summed E-state index contributed by atoms with van der Waals surface area (Å²) in [7, 11) is 0. The number of benzene rings is 1. The van der Waals surface area contributed by atoms with Crippen molar-refractivity contribution in [3.05, 3.63) is 42.1 Å². The van der Waals surface area contributed by atoms with Crippen LogP contribution in [-0.2, 0) is 4.79 Å². The van der Waals surface area contributed by atoms with Gasteiger partial charge in [0, 0.05) is 23.2 Å². The molecular formula is C14H14N2O2. The number of aliphatic carboxylic acids is 1. The zero-order valence-electron chi connectivity index (χ0n) is 9.84. The van der Waals surface area contributed by atoms with Crippen LogP contribution in [0.25, 0.3) is 10.9 Å². The summed E-state index contributed by atoms with van der Waals surface area (Å²) in [5, 5.41) is 13.5. The maximum Gasteiger partial charge on any atom is 0.325 e. The van der Waals surface area contributed by atoms with Crippen molar-refractivity contribution >= 4 is 16.9 Å². The molecule has 0 bridgehead atoms. The van der Waals surface area contributed by atoms with Gasteiger partial charge in [0.25, 0.3) is 0 Å². The van der Waals surface area contributed by atoms with Gasteiger partial charge >= 0.3 is 5.97 Å². The molecule has 1 aromatic heterocycles. The first-order valence-corrected chi connectivity index (χ1v) is 6.08. The first kappa shape index (κ1) is 11.2. The molecule has 92 valence electrons. The number of carboxylic acids is 1. The van der Waals surface area contributed by atoms with E-state index in [1.54, 1.807) is 6.20 Å². The largest absolute Gasteiger partial charge is 0.480 e. The zero-order valence-corrected chi connectivity index (χ0v) is 9.84. The minimum atomic E-state index is -0.847. The van der Waals surface area contributed by atoms with Gasteiger partial charge in [-0.1, -0.05) is 24.3 Å². The standard InChI is InChI=1S/C14H14N2O2/c17-14(18)13(16-10-6-7-10)11-5-1-3-9-4-2-8-15-12(9)11/h1-5,8,10,13,16H,6-7H2,(H,17,18). The summed E-state index contributed by atoms with van der Waals surface area (Å²) in [6.07, 6.45) is 3.81. The number of nitrogens with zero attached hydrogens (tertiary/aromatic N) is 1. The van der Waals surface area contributed by atoms with Gasteiger partial charge in [0.1, 0.15) is 6.04 Å². The molecule has 2 N–H and O–H groups in total. The molecular weight excluding hydrogens is 228 g/mol. The van der Waals surface area contributed by atoms with Crippen molar-refractivity contribution in [2.45, 2.75) is 24.9 Å². The quantitative estimate of drug-likeness (QED) is 0.862. The highest BCUT2D eigenvalue weighted by Gasteiger charge is 2.30. The van der Waals surface area contributed by atoms with Gasteiger partial charge in [-0.25, -0.2) is 0 Å². The van der Waals surface area contributed by atoms with Crippen molar-refractivity contribution in [2.24, 2.45) is 0 Å². The molecule has 1 saturated carbocycles. The molecule has 0 amide bonds. The van der Waals surface area contributed by atoms with E-state index in [4.69, 9.17) is 0 Å². The molecule has 1 aliphatic carbocycles. The molecule has 3 rings (SSSR count). The number of nitrogens with one attached hydrogen (secondary N) is 1. The van der Waals surface area contributed by atoms with Crippen LogP contribution >= 0.6 is 0 Å². The highest BCUT2D eigenvalue weighted by Crippen LogP contribution is 2.27. The smallest absolute Gasteiger partial charge is 0.325 e. The summed E-state index contributed by atoms with van der Waals surface area (Å²) in [6, 6.07) is 9.13. The van der Waals surface area contributed by atoms with E-state index in [2.05, 4.69) is 10.3 Å². The fourth-order valence-electron chi connectivity index (χ4n) is 2.14. The van der Waals surface area contributed by atoms with Crippen LogP contribution in [0.5, 0.6) is 0 Å². The van der Waals surface area contributed by atoms with Crippen LogP contribution in [0.15, 0.2) is 36.5 Å². The number of pyridine rings is 1. The maximum absolute atomic E-state index is 11.4. The van der Waals surface area contributed by atoms with Crippen molar-refractivity contribution in [3.63, 3.8) is 0 Å². The number of rotatable bonds is 4. The Labute approximate surface area is 105 Å². The molecule has 0 radical (unpaired) electrons. The van der Waals surface area contributed by atoms with Crippen LogP contribution in [0.1, 0.15) is 24.4 Å². The average Bonchev–Trinajstić information content (AvgIpc) is 3.19. The molecule has 1 atom stereocenters. The molecule has 1 fully saturated rings. The lowest BCUT2D eigenvalue weighted by Crippen LogP contribution is -2.30. The Kier molecular flexibility index (Phi) is 2.72. The van der Waals surface area contributed by atoms with Gasteiger partial charge in [-0.3, -0.25) is 15.1 Å². The van der Waals surface area contributed by atoms with Crippen molar-refractivity contribution < 1.29 is 9.90 Å². The zero-order chi connectivity index (χ0) is 12.5. The van der Waals surface area contributed by atoms with Gasteiger partial charge in [-0.15, -0.1) is 0 Å². The topological polar surface area (TPSA) is 62.2 Å². The predicted molar refractivity (Wildman–Crippen MR) is 68.3 cm³/mol. The fourth-order valence-corrected chi connectivity index (χ4v) is 2.14. The first-order chi connectivity index (χ1) is 8.75. The van der Waals surface area contributed by atoms with Crippen LogP contribution in [0.2, 0.25) is 0 Å². The normalized spacial score (nSPS) is 16.7. The van der Waals surface area contributed by atoms with E-state index >= 15 is 0 Å². The second-order valence-corrected chi connectivity index (χ2v) is 4.63. The molecule has 0 aliphatic heterocycles. The molecule has 1 aromatic carbocycles. The molecule has 2 aromatic rings. The second kappa shape index (κ2) is 4.38. The molecule has 0 saturated heterocycles. The van der Waals surface area contributed by atoms with Gasteiger partial charge in [0.2, 0.25) is 0 Å². The summed E-state index contributed by atoms with van der Waals surface area (Å²) < 4.78 is 0. The average molecular weight is 242 g/mol.